The number of halogens is 1. The van der Waals surface area contributed by atoms with E-state index in [0.29, 0.717) is 4.32 Å². The minimum atomic E-state index is 0.613. The Bertz CT molecular complexity index is 120. The van der Waals surface area contributed by atoms with E-state index in [1.54, 1.807) is 0 Å². The highest BCUT2D eigenvalue weighted by Crippen LogP contribution is 2.03. The lowest BCUT2D eigenvalue weighted by atomic mass is 10.1. The molecule has 0 amide bonds. The third kappa shape index (κ3) is 11.0. The van der Waals surface area contributed by atoms with E-state index < -0.39 is 0 Å². The number of hydrogen-bond donors (Lipinski definition) is 2. The van der Waals surface area contributed by atoms with Crippen molar-refractivity contribution in [2.75, 3.05) is 11.0 Å². The van der Waals surface area contributed by atoms with Gasteiger partial charge in [0.25, 0.3) is 0 Å². The van der Waals surface area contributed by atoms with Crippen molar-refractivity contribution in [1.29, 1.82) is 0 Å². The van der Waals surface area contributed by atoms with Crippen molar-refractivity contribution >= 4 is 51.8 Å². The van der Waals surface area contributed by atoms with Crippen LogP contribution < -0.4 is 5.32 Å². The van der Waals surface area contributed by atoms with Crippen LogP contribution in [-0.2, 0) is 0 Å². The van der Waals surface area contributed by atoms with Crippen molar-refractivity contribution in [2.24, 2.45) is 0 Å². The highest BCUT2D eigenvalue weighted by molar-refractivity contribution is 14.1. The molecule has 0 saturated heterocycles. The van der Waals surface area contributed by atoms with Crippen LogP contribution in [0, 0.1) is 0 Å². The first-order valence-electron chi connectivity index (χ1n) is 4.30. The average Bonchev–Trinajstić information content (AvgIpc) is 2.02. The molecule has 0 saturated carbocycles. The standard InChI is InChI=1S/C8H16INS2/c9-6-4-2-1-3-5-7-10-8(11)12/h1-7H2,(H2,10,11,12). The molecular formula is C8H16INS2. The molecule has 0 aliphatic heterocycles. The van der Waals surface area contributed by atoms with E-state index in [9.17, 15) is 0 Å². The first-order chi connectivity index (χ1) is 5.77. The molecule has 0 atom stereocenters. The fourth-order valence-corrected chi connectivity index (χ4v) is 1.70. The van der Waals surface area contributed by atoms with Gasteiger partial charge in [-0.25, -0.2) is 0 Å². The van der Waals surface area contributed by atoms with E-state index in [0.717, 1.165) is 6.54 Å². The summed E-state index contributed by atoms with van der Waals surface area (Å²) >= 11 is 11.2. The summed E-state index contributed by atoms with van der Waals surface area (Å²) in [5.74, 6) is 0. The van der Waals surface area contributed by atoms with Gasteiger partial charge in [0.15, 0.2) is 0 Å². The number of thiocarbonyl (C=S) groups is 1. The molecule has 0 unspecified atom stereocenters. The maximum Gasteiger partial charge on any atom is 0.130 e. The zero-order chi connectivity index (χ0) is 9.23. The Kier molecular flexibility index (Phi) is 10.9. The number of nitrogens with one attached hydrogen (secondary N) is 1. The van der Waals surface area contributed by atoms with E-state index in [-0.39, 0.29) is 0 Å². The van der Waals surface area contributed by atoms with E-state index in [2.05, 4.69) is 40.5 Å². The molecule has 0 heterocycles. The van der Waals surface area contributed by atoms with Crippen LogP contribution in [0.3, 0.4) is 0 Å². The number of alkyl halides is 1. The summed E-state index contributed by atoms with van der Waals surface area (Å²) in [7, 11) is 0. The monoisotopic (exact) mass is 317 g/mol. The second-order valence-electron chi connectivity index (χ2n) is 2.69. The largest absolute Gasteiger partial charge is 0.371 e. The van der Waals surface area contributed by atoms with Crippen LogP contribution in [0.25, 0.3) is 0 Å². The lowest BCUT2D eigenvalue weighted by molar-refractivity contribution is 0.630. The Hall–Kier alpha value is 0.970. The quantitative estimate of drug-likeness (QED) is 0.246. The molecule has 0 rings (SSSR count). The molecule has 0 aromatic carbocycles. The Balaban J connectivity index is 2.86. The summed E-state index contributed by atoms with van der Waals surface area (Å²) in [5, 5.41) is 3.03. The summed E-state index contributed by atoms with van der Waals surface area (Å²) in [5.41, 5.74) is 0. The molecule has 1 N–H and O–H groups in total. The predicted octanol–water partition coefficient (Wildman–Crippen LogP) is 3.18. The van der Waals surface area contributed by atoms with Crippen LogP contribution >= 0.6 is 47.4 Å². The predicted molar refractivity (Wildman–Crippen MR) is 71.6 cm³/mol. The maximum atomic E-state index is 4.77. The Morgan fingerprint density at radius 2 is 1.75 bits per heavy atom. The molecule has 0 aromatic rings. The van der Waals surface area contributed by atoms with Gasteiger partial charge < -0.3 is 5.32 Å². The zero-order valence-electron chi connectivity index (χ0n) is 7.18. The Morgan fingerprint density at radius 3 is 2.33 bits per heavy atom. The van der Waals surface area contributed by atoms with Gasteiger partial charge in [-0.1, -0.05) is 54.1 Å². The molecule has 0 fully saturated rings. The van der Waals surface area contributed by atoms with Crippen molar-refractivity contribution in [3.63, 3.8) is 0 Å². The average molecular weight is 317 g/mol. The lowest BCUT2D eigenvalue weighted by Crippen LogP contribution is -2.17. The molecule has 12 heavy (non-hydrogen) atoms. The van der Waals surface area contributed by atoms with Crippen LogP contribution in [0.4, 0.5) is 0 Å². The Labute approximate surface area is 99.6 Å². The molecule has 0 aliphatic carbocycles. The second-order valence-corrected chi connectivity index (χ2v) is 4.93. The van der Waals surface area contributed by atoms with Crippen molar-refractivity contribution in [1.82, 2.24) is 5.32 Å². The summed E-state index contributed by atoms with van der Waals surface area (Å²) < 4.78 is 1.90. The normalized spacial score (nSPS) is 9.83. The number of thiol groups is 1. The van der Waals surface area contributed by atoms with Crippen LogP contribution in [0.1, 0.15) is 32.1 Å². The molecule has 0 radical (unpaired) electrons. The number of hydrogen-bond acceptors (Lipinski definition) is 1. The van der Waals surface area contributed by atoms with Gasteiger partial charge in [-0.15, -0.1) is 12.6 Å². The summed E-state index contributed by atoms with van der Waals surface area (Å²) in [4.78, 5) is 0. The van der Waals surface area contributed by atoms with Crippen molar-refractivity contribution < 1.29 is 0 Å². The Morgan fingerprint density at radius 1 is 1.17 bits per heavy atom. The third-order valence-electron chi connectivity index (χ3n) is 1.59. The van der Waals surface area contributed by atoms with E-state index in [1.165, 1.54) is 36.5 Å². The summed E-state index contributed by atoms with van der Waals surface area (Å²) in [6, 6.07) is 0. The minimum absolute atomic E-state index is 0.613. The smallest absolute Gasteiger partial charge is 0.130 e. The highest BCUT2D eigenvalue weighted by atomic mass is 127. The third-order valence-corrected chi connectivity index (χ3v) is 2.65. The molecule has 0 bridgehead atoms. The fraction of sp³-hybridized carbons (Fsp3) is 0.875. The summed E-state index contributed by atoms with van der Waals surface area (Å²) in [6.07, 6.45) is 6.60. The van der Waals surface area contributed by atoms with E-state index in [1.807, 2.05) is 0 Å². The van der Waals surface area contributed by atoms with Crippen LogP contribution in [0.15, 0.2) is 0 Å². The first kappa shape index (κ1) is 13.0. The van der Waals surface area contributed by atoms with Crippen LogP contribution in [0.5, 0.6) is 0 Å². The van der Waals surface area contributed by atoms with Gasteiger partial charge in [-0.3, -0.25) is 0 Å². The molecule has 4 heteroatoms. The van der Waals surface area contributed by atoms with Gasteiger partial charge in [-0.05, 0) is 17.3 Å². The van der Waals surface area contributed by atoms with Gasteiger partial charge in [0, 0.05) is 6.54 Å². The molecule has 1 nitrogen and oxygen atoms in total. The topological polar surface area (TPSA) is 12.0 Å². The SMILES string of the molecule is S=C(S)NCCCCCCCI. The zero-order valence-corrected chi connectivity index (χ0v) is 11.1. The first-order valence-corrected chi connectivity index (χ1v) is 6.68. The molecule has 0 aromatic heterocycles. The van der Waals surface area contributed by atoms with Gasteiger partial charge in [0.2, 0.25) is 0 Å². The maximum absolute atomic E-state index is 4.77. The highest BCUT2D eigenvalue weighted by Gasteiger charge is 1.90. The molecule has 72 valence electrons. The van der Waals surface area contributed by atoms with Gasteiger partial charge in [0.05, 0.1) is 0 Å². The molecular weight excluding hydrogens is 301 g/mol. The number of unbranched alkanes of at least 4 members (excludes halogenated alkanes) is 4. The van der Waals surface area contributed by atoms with Crippen LogP contribution in [0.2, 0.25) is 0 Å². The molecule has 0 spiro atoms. The van der Waals surface area contributed by atoms with Gasteiger partial charge in [-0.2, -0.15) is 0 Å². The van der Waals surface area contributed by atoms with Gasteiger partial charge >= 0.3 is 0 Å². The van der Waals surface area contributed by atoms with Crippen LogP contribution in [-0.4, -0.2) is 15.3 Å². The van der Waals surface area contributed by atoms with Crippen molar-refractivity contribution in [2.45, 2.75) is 32.1 Å². The molecule has 0 aliphatic rings. The fourth-order valence-electron chi connectivity index (χ4n) is 0.945. The van der Waals surface area contributed by atoms with Crippen molar-refractivity contribution in [3.8, 4) is 0 Å². The second kappa shape index (κ2) is 10.1. The summed E-state index contributed by atoms with van der Waals surface area (Å²) in [6.45, 7) is 0.979. The van der Waals surface area contributed by atoms with E-state index >= 15 is 0 Å². The van der Waals surface area contributed by atoms with Gasteiger partial charge in [0.1, 0.15) is 4.32 Å². The number of rotatable bonds is 7. The van der Waals surface area contributed by atoms with E-state index in [4.69, 9.17) is 12.2 Å². The lowest BCUT2D eigenvalue weighted by Gasteiger charge is -2.02. The van der Waals surface area contributed by atoms with Crippen molar-refractivity contribution in [3.05, 3.63) is 0 Å². The minimum Gasteiger partial charge on any atom is -0.371 e.